The van der Waals surface area contributed by atoms with E-state index in [1.165, 1.54) is 9.94 Å². The third-order valence-corrected chi connectivity index (χ3v) is 7.33. The summed E-state index contributed by atoms with van der Waals surface area (Å²) in [4.78, 5) is 31.5. The first-order valence-corrected chi connectivity index (χ1v) is 11.5. The van der Waals surface area contributed by atoms with Gasteiger partial charge in [0.25, 0.3) is 5.91 Å². The molecule has 1 heterocycles. The fourth-order valence-corrected chi connectivity index (χ4v) is 5.49. The Morgan fingerprint density at radius 3 is 2.79 bits per heavy atom. The van der Waals surface area contributed by atoms with Crippen LogP contribution in [-0.4, -0.2) is 65.9 Å². The molecule has 0 radical (unpaired) electrons. The summed E-state index contributed by atoms with van der Waals surface area (Å²) in [6.07, 6.45) is 4.58. The molecule has 156 valence electrons. The van der Waals surface area contributed by atoms with Gasteiger partial charge >= 0.3 is 0 Å². The number of carbonyl (C=O) groups is 2. The number of rotatable bonds is 10. The van der Waals surface area contributed by atoms with Gasteiger partial charge in [-0.25, -0.2) is 0 Å². The number of carbonyl (C=O) groups excluding carboxylic acids is 2. The van der Waals surface area contributed by atoms with E-state index in [1.807, 2.05) is 18.2 Å². The molecule has 2 atom stereocenters. The number of aliphatic imine (C=N–C) groups is 1. The molecule has 1 aliphatic heterocycles. The number of thiol groups is 1. The molecule has 0 aromatic heterocycles. The zero-order chi connectivity index (χ0) is 20.5. The number of hydrogen-bond acceptors (Lipinski definition) is 4. The van der Waals surface area contributed by atoms with Crippen LogP contribution in [0.1, 0.15) is 49.4 Å². The molecule has 1 aromatic carbocycles. The lowest BCUT2D eigenvalue weighted by molar-refractivity contribution is -0.128. The lowest BCUT2D eigenvalue weighted by Crippen LogP contribution is -2.34. The van der Waals surface area contributed by atoms with Gasteiger partial charge < -0.3 is 15.3 Å². The van der Waals surface area contributed by atoms with E-state index in [1.54, 1.807) is 25.9 Å². The normalized spacial score (nSPS) is 18.4. The molecule has 0 spiro atoms. The number of nitrogens with one attached hydrogen (secondary N) is 1. The van der Waals surface area contributed by atoms with Crippen molar-refractivity contribution in [3.63, 3.8) is 0 Å². The Morgan fingerprint density at radius 1 is 1.29 bits per heavy atom. The molecule has 1 aliphatic rings. The number of unbranched alkanes of at least 4 members (excludes halogenated alkanes) is 2. The number of aliphatic hydroxyl groups is 1. The molecule has 2 rings (SSSR count). The minimum atomic E-state index is -0.467. The van der Waals surface area contributed by atoms with Gasteiger partial charge in [-0.05, 0) is 49.3 Å². The van der Waals surface area contributed by atoms with Crippen molar-refractivity contribution in [2.75, 3.05) is 33.0 Å². The van der Waals surface area contributed by atoms with Crippen LogP contribution in [0.4, 0.5) is 0 Å². The lowest BCUT2D eigenvalue weighted by Gasteiger charge is -2.19. The molecule has 1 aromatic rings. The fraction of sp³-hybridized carbons (Fsp3) is 0.571. The number of amides is 2. The molecule has 0 aliphatic carbocycles. The van der Waals surface area contributed by atoms with Crippen molar-refractivity contribution < 1.29 is 14.7 Å². The van der Waals surface area contributed by atoms with E-state index in [-0.39, 0.29) is 24.5 Å². The van der Waals surface area contributed by atoms with Crippen LogP contribution in [0.2, 0.25) is 0 Å². The maximum atomic E-state index is 12.3. The second-order valence-corrected chi connectivity index (χ2v) is 9.74. The Hall–Kier alpha value is -1.86. The van der Waals surface area contributed by atoms with Crippen molar-refractivity contribution in [3.8, 4) is 0 Å². The van der Waals surface area contributed by atoms with E-state index in [2.05, 4.69) is 11.4 Å². The molecule has 0 fully saturated rings. The van der Waals surface area contributed by atoms with Crippen LogP contribution in [0, 0.1) is 0 Å². The predicted molar refractivity (Wildman–Crippen MR) is 117 cm³/mol. The average molecular weight is 408 g/mol. The van der Waals surface area contributed by atoms with Crippen LogP contribution < -0.4 is 5.32 Å². The smallest absolute Gasteiger partial charge is 0.251 e. The van der Waals surface area contributed by atoms with Gasteiger partial charge in [0, 0.05) is 44.4 Å². The molecule has 7 heteroatoms. The van der Waals surface area contributed by atoms with Crippen LogP contribution in [0.3, 0.4) is 0 Å². The average Bonchev–Trinajstić information content (AvgIpc) is 3.15. The highest BCUT2D eigenvalue weighted by Crippen LogP contribution is 2.42. The maximum absolute atomic E-state index is 12.3. The summed E-state index contributed by atoms with van der Waals surface area (Å²) >= 11 is 0. The van der Waals surface area contributed by atoms with Crippen molar-refractivity contribution in [1.82, 2.24) is 10.2 Å². The van der Waals surface area contributed by atoms with Gasteiger partial charge in [-0.1, -0.05) is 12.5 Å². The molecule has 0 bridgehead atoms. The predicted octanol–water partition coefficient (Wildman–Crippen LogP) is 2.61. The maximum Gasteiger partial charge on any atom is 0.251 e. The second kappa shape index (κ2) is 11.2. The summed E-state index contributed by atoms with van der Waals surface area (Å²) in [6, 6.07) is 7.55. The largest absolute Gasteiger partial charge is 0.394 e. The van der Waals surface area contributed by atoms with E-state index < -0.39 is 10.9 Å². The van der Waals surface area contributed by atoms with Crippen LogP contribution in [0.25, 0.3) is 0 Å². The molecule has 2 N–H and O–H groups in total. The van der Waals surface area contributed by atoms with Crippen molar-refractivity contribution in [2.45, 2.75) is 50.0 Å². The monoisotopic (exact) mass is 407 g/mol. The first-order chi connectivity index (χ1) is 13.4. The molecule has 2 amide bonds. The Morgan fingerprint density at radius 2 is 2.07 bits per heavy atom. The minimum absolute atomic E-state index is 0.0743. The molecular weight excluding hydrogens is 374 g/mol. The van der Waals surface area contributed by atoms with E-state index in [4.69, 9.17) is 10.1 Å². The van der Waals surface area contributed by atoms with Crippen LogP contribution >= 0.6 is 10.9 Å². The topological polar surface area (TPSA) is 82.0 Å². The van der Waals surface area contributed by atoms with E-state index in [0.29, 0.717) is 12.0 Å². The summed E-state index contributed by atoms with van der Waals surface area (Å²) in [5.41, 5.74) is 0.633. The summed E-state index contributed by atoms with van der Waals surface area (Å²) < 4.78 is 0. The van der Waals surface area contributed by atoms with Gasteiger partial charge in [0.1, 0.15) is 0 Å². The molecule has 1 unspecified atom stereocenters. The molecular formula is C21H33N3O3S. The second-order valence-electron chi connectivity index (χ2n) is 7.41. The third kappa shape index (κ3) is 6.63. The highest BCUT2D eigenvalue weighted by atomic mass is 32.2. The van der Waals surface area contributed by atoms with Crippen molar-refractivity contribution in [2.24, 2.45) is 4.99 Å². The molecule has 28 heavy (non-hydrogen) atoms. The van der Waals surface area contributed by atoms with E-state index >= 15 is 0 Å². The van der Waals surface area contributed by atoms with Crippen molar-refractivity contribution in [1.29, 1.82) is 0 Å². The fourth-order valence-electron chi connectivity index (χ4n) is 3.11. The Bertz CT molecular complexity index is 706. The number of aliphatic hydroxyl groups excluding tert-OH is 1. The summed E-state index contributed by atoms with van der Waals surface area (Å²) in [6.45, 7) is 2.56. The lowest BCUT2D eigenvalue weighted by atomic mass is 10.1. The first kappa shape index (κ1) is 22.4. The summed E-state index contributed by atoms with van der Waals surface area (Å²) in [5.74, 6) is 1.08. The molecule has 0 saturated carbocycles. The van der Waals surface area contributed by atoms with E-state index in [0.717, 1.165) is 38.0 Å². The highest BCUT2D eigenvalue weighted by molar-refractivity contribution is 8.30. The molecule has 6 nitrogen and oxygen atoms in total. The zero-order valence-corrected chi connectivity index (χ0v) is 18.0. The third-order valence-electron chi connectivity index (χ3n) is 4.79. The first-order valence-electron chi connectivity index (χ1n) is 9.95. The SMILES string of the molecule is C[C@H](CO)NC(=O)c1cccc([SH]2CCN=C2CCCCCC(=O)N(C)C)c1. The Labute approximate surface area is 170 Å². The highest BCUT2D eigenvalue weighted by Gasteiger charge is 2.20. The van der Waals surface area contributed by atoms with Gasteiger partial charge in [0.15, 0.2) is 0 Å². The van der Waals surface area contributed by atoms with E-state index in [9.17, 15) is 9.59 Å². The van der Waals surface area contributed by atoms with Gasteiger partial charge in [-0.15, -0.1) is 0 Å². The van der Waals surface area contributed by atoms with Gasteiger partial charge in [0.05, 0.1) is 11.7 Å². The van der Waals surface area contributed by atoms with Crippen molar-refractivity contribution >= 4 is 27.8 Å². The van der Waals surface area contributed by atoms with Gasteiger partial charge in [0.2, 0.25) is 5.91 Å². The number of benzene rings is 1. The van der Waals surface area contributed by atoms with Gasteiger partial charge in [-0.2, -0.15) is 10.9 Å². The summed E-state index contributed by atoms with van der Waals surface area (Å²) in [5, 5.41) is 13.2. The van der Waals surface area contributed by atoms with Crippen LogP contribution in [0.15, 0.2) is 34.2 Å². The van der Waals surface area contributed by atoms with Gasteiger partial charge in [-0.3, -0.25) is 14.6 Å². The Balaban J connectivity index is 1.89. The quantitative estimate of drug-likeness (QED) is 0.412. The number of hydrogen-bond donors (Lipinski definition) is 3. The van der Waals surface area contributed by atoms with Crippen LogP contribution in [0.5, 0.6) is 0 Å². The number of nitrogens with zero attached hydrogens (tertiary/aromatic N) is 2. The minimum Gasteiger partial charge on any atom is -0.394 e. The standard InChI is InChI=1S/C21H33N3O3S/c1-16(15-25)23-21(27)17-8-7-9-18(14-17)28-13-12-22-19(28)10-5-4-6-11-20(26)24(2)3/h7-9,14,16,25,28H,4-6,10-13,15H2,1-3H3,(H,23,27)/t16-/m1/s1. The van der Waals surface area contributed by atoms with Crippen molar-refractivity contribution in [3.05, 3.63) is 29.8 Å². The zero-order valence-electron chi connectivity index (χ0n) is 17.1. The molecule has 0 saturated heterocycles. The van der Waals surface area contributed by atoms with Crippen LogP contribution in [-0.2, 0) is 4.79 Å². The summed E-state index contributed by atoms with van der Waals surface area (Å²) in [7, 11) is 3.12. The Kier molecular flexibility index (Phi) is 8.99.